The summed E-state index contributed by atoms with van der Waals surface area (Å²) in [7, 11) is 0. The van der Waals surface area contributed by atoms with Crippen molar-refractivity contribution in [2.75, 3.05) is 0 Å². The van der Waals surface area contributed by atoms with E-state index in [1.54, 1.807) is 6.07 Å². The molecule has 0 aliphatic carbocycles. The molecule has 0 saturated carbocycles. The SMILES string of the molecule is [CH2]C(C=C)c1cccc(OC(F)(F)F)c1Cl. The number of hydrogen-bond donors (Lipinski definition) is 0. The second kappa shape index (κ2) is 4.78. The van der Waals surface area contributed by atoms with E-state index in [1.165, 1.54) is 12.1 Å². The number of ether oxygens (including phenoxy) is 1. The van der Waals surface area contributed by atoms with Crippen molar-refractivity contribution in [3.8, 4) is 5.75 Å². The fourth-order valence-electron chi connectivity index (χ4n) is 1.14. The monoisotopic (exact) mass is 249 g/mol. The summed E-state index contributed by atoms with van der Waals surface area (Å²) in [5.41, 5.74) is 0.443. The predicted octanol–water partition coefficient (Wildman–Crippen LogP) is 4.34. The molecule has 1 aromatic rings. The first-order chi connectivity index (χ1) is 7.35. The first kappa shape index (κ1) is 12.9. The van der Waals surface area contributed by atoms with Gasteiger partial charge in [0.15, 0.2) is 0 Å². The van der Waals surface area contributed by atoms with Gasteiger partial charge < -0.3 is 4.74 Å². The molecule has 1 atom stereocenters. The fraction of sp³-hybridized carbons (Fsp3) is 0.182. The van der Waals surface area contributed by atoms with Crippen LogP contribution in [0.1, 0.15) is 11.5 Å². The lowest BCUT2D eigenvalue weighted by Crippen LogP contribution is -2.17. The highest BCUT2D eigenvalue weighted by atomic mass is 35.5. The average molecular weight is 250 g/mol. The van der Waals surface area contributed by atoms with Gasteiger partial charge in [-0.3, -0.25) is 0 Å². The minimum absolute atomic E-state index is 0.0975. The van der Waals surface area contributed by atoms with Crippen molar-refractivity contribution < 1.29 is 17.9 Å². The summed E-state index contributed by atoms with van der Waals surface area (Å²) in [6.07, 6.45) is -3.27. The highest BCUT2D eigenvalue weighted by molar-refractivity contribution is 6.32. The van der Waals surface area contributed by atoms with Crippen LogP contribution < -0.4 is 4.74 Å². The molecular weight excluding hydrogens is 241 g/mol. The topological polar surface area (TPSA) is 9.23 Å². The fourth-order valence-corrected chi connectivity index (χ4v) is 1.45. The molecule has 1 aromatic carbocycles. The third kappa shape index (κ3) is 3.17. The standard InChI is InChI=1S/C11H9ClF3O/c1-3-7(2)8-5-4-6-9(10(8)12)16-11(13,14)15/h3-7H,1-2H2. The van der Waals surface area contributed by atoms with E-state index in [0.717, 1.165) is 6.07 Å². The minimum Gasteiger partial charge on any atom is -0.404 e. The van der Waals surface area contributed by atoms with E-state index in [1.807, 2.05) is 0 Å². The van der Waals surface area contributed by atoms with Gasteiger partial charge in [0.05, 0.1) is 5.02 Å². The second-order valence-electron chi connectivity index (χ2n) is 3.05. The number of allylic oxidation sites excluding steroid dienone is 1. The third-order valence-corrected chi connectivity index (χ3v) is 2.31. The maximum absolute atomic E-state index is 12.0. The summed E-state index contributed by atoms with van der Waals surface area (Å²) in [5, 5.41) is -0.0975. The molecule has 0 fully saturated rings. The van der Waals surface area contributed by atoms with E-state index in [9.17, 15) is 13.2 Å². The Morgan fingerprint density at radius 3 is 2.50 bits per heavy atom. The second-order valence-corrected chi connectivity index (χ2v) is 3.43. The van der Waals surface area contributed by atoms with Gasteiger partial charge in [0.1, 0.15) is 5.75 Å². The van der Waals surface area contributed by atoms with E-state index in [4.69, 9.17) is 11.6 Å². The van der Waals surface area contributed by atoms with Gasteiger partial charge in [0, 0.05) is 5.92 Å². The van der Waals surface area contributed by atoms with Gasteiger partial charge in [-0.1, -0.05) is 29.8 Å². The number of benzene rings is 1. The molecule has 5 heteroatoms. The van der Waals surface area contributed by atoms with Crippen molar-refractivity contribution in [3.63, 3.8) is 0 Å². The van der Waals surface area contributed by atoms with Crippen molar-refractivity contribution in [2.24, 2.45) is 0 Å². The summed E-state index contributed by atoms with van der Waals surface area (Å²) in [4.78, 5) is 0. The molecule has 1 nitrogen and oxygen atoms in total. The lowest BCUT2D eigenvalue weighted by Gasteiger charge is -2.14. The van der Waals surface area contributed by atoms with Gasteiger partial charge in [0.25, 0.3) is 0 Å². The molecular formula is C11H9ClF3O. The summed E-state index contributed by atoms with van der Waals surface area (Å²) < 4.78 is 39.8. The maximum atomic E-state index is 12.0. The van der Waals surface area contributed by atoms with Crippen LogP contribution in [0.25, 0.3) is 0 Å². The van der Waals surface area contributed by atoms with Crippen molar-refractivity contribution in [2.45, 2.75) is 12.3 Å². The Balaban J connectivity index is 3.09. The van der Waals surface area contributed by atoms with E-state index in [2.05, 4.69) is 18.2 Å². The molecule has 0 aliphatic heterocycles. The Hall–Kier alpha value is -1.16. The zero-order valence-corrected chi connectivity index (χ0v) is 8.98. The molecule has 1 rings (SSSR count). The molecule has 0 bridgehead atoms. The van der Waals surface area contributed by atoms with Gasteiger partial charge >= 0.3 is 6.36 Å². The summed E-state index contributed by atoms with van der Waals surface area (Å²) in [5.74, 6) is -0.813. The maximum Gasteiger partial charge on any atom is 0.573 e. The Bertz CT molecular complexity index is 387. The Morgan fingerprint density at radius 2 is 2.00 bits per heavy atom. The van der Waals surface area contributed by atoms with Gasteiger partial charge in [-0.2, -0.15) is 0 Å². The quantitative estimate of drug-likeness (QED) is 0.724. The lowest BCUT2D eigenvalue weighted by molar-refractivity contribution is -0.274. The van der Waals surface area contributed by atoms with Crippen molar-refractivity contribution in [3.05, 3.63) is 48.4 Å². The van der Waals surface area contributed by atoms with Crippen LogP contribution >= 0.6 is 11.6 Å². The van der Waals surface area contributed by atoms with E-state index in [0.29, 0.717) is 5.56 Å². The van der Waals surface area contributed by atoms with Crippen LogP contribution in [-0.2, 0) is 0 Å². The van der Waals surface area contributed by atoms with Crippen molar-refractivity contribution in [1.82, 2.24) is 0 Å². The normalized spacial score (nSPS) is 13.3. The van der Waals surface area contributed by atoms with Gasteiger partial charge in [-0.25, -0.2) is 0 Å². The minimum atomic E-state index is -4.76. The summed E-state index contributed by atoms with van der Waals surface area (Å²) in [6, 6.07) is 4.14. The number of halogens is 4. The van der Waals surface area contributed by atoms with Crippen molar-refractivity contribution >= 4 is 11.6 Å². The highest BCUT2D eigenvalue weighted by Crippen LogP contribution is 2.35. The zero-order valence-electron chi connectivity index (χ0n) is 8.22. The Labute approximate surface area is 96.5 Å². The summed E-state index contributed by atoms with van der Waals surface area (Å²) in [6.45, 7) is 7.18. The van der Waals surface area contributed by atoms with Crippen LogP contribution in [0, 0.1) is 6.92 Å². The molecule has 0 N–H and O–H groups in total. The first-order valence-corrected chi connectivity index (χ1v) is 4.72. The smallest absolute Gasteiger partial charge is 0.404 e. The molecule has 1 radical (unpaired) electrons. The number of alkyl halides is 3. The largest absolute Gasteiger partial charge is 0.573 e. The van der Waals surface area contributed by atoms with Crippen LogP contribution in [0.4, 0.5) is 13.2 Å². The predicted molar refractivity (Wildman–Crippen MR) is 56.4 cm³/mol. The van der Waals surface area contributed by atoms with Crippen LogP contribution in [0.15, 0.2) is 30.9 Å². The van der Waals surface area contributed by atoms with Crippen LogP contribution in [0.3, 0.4) is 0 Å². The Kier molecular flexibility index (Phi) is 3.86. The molecule has 1 unspecified atom stereocenters. The van der Waals surface area contributed by atoms with Gasteiger partial charge in [0.2, 0.25) is 0 Å². The molecule has 0 heterocycles. The van der Waals surface area contributed by atoms with Gasteiger partial charge in [-0.05, 0) is 18.6 Å². The molecule has 0 amide bonds. The zero-order chi connectivity index (χ0) is 12.3. The van der Waals surface area contributed by atoms with Crippen LogP contribution in [0.5, 0.6) is 5.75 Å². The Morgan fingerprint density at radius 1 is 1.38 bits per heavy atom. The van der Waals surface area contributed by atoms with Crippen molar-refractivity contribution in [1.29, 1.82) is 0 Å². The van der Waals surface area contributed by atoms with E-state index < -0.39 is 12.1 Å². The molecule has 0 spiro atoms. The average Bonchev–Trinajstić information content (AvgIpc) is 2.18. The molecule has 0 aliphatic rings. The highest BCUT2D eigenvalue weighted by Gasteiger charge is 2.32. The van der Waals surface area contributed by atoms with Crippen LogP contribution in [0.2, 0.25) is 5.02 Å². The molecule has 87 valence electrons. The molecule has 0 aromatic heterocycles. The lowest BCUT2D eigenvalue weighted by atomic mass is 10.0. The first-order valence-electron chi connectivity index (χ1n) is 4.35. The van der Waals surface area contributed by atoms with Gasteiger partial charge in [-0.15, -0.1) is 19.8 Å². The van der Waals surface area contributed by atoms with E-state index >= 15 is 0 Å². The van der Waals surface area contributed by atoms with Crippen LogP contribution in [-0.4, -0.2) is 6.36 Å². The number of rotatable bonds is 3. The van der Waals surface area contributed by atoms with E-state index in [-0.39, 0.29) is 10.9 Å². The summed E-state index contributed by atoms with van der Waals surface area (Å²) >= 11 is 5.78. The number of hydrogen-bond acceptors (Lipinski definition) is 1. The molecule has 0 saturated heterocycles. The third-order valence-electron chi connectivity index (χ3n) is 1.90. The molecule has 16 heavy (non-hydrogen) atoms.